The summed E-state index contributed by atoms with van der Waals surface area (Å²) in [5.74, 6) is 4.01. The summed E-state index contributed by atoms with van der Waals surface area (Å²) in [5.41, 5.74) is 10.5. The lowest BCUT2D eigenvalue weighted by Crippen LogP contribution is -2.26. The summed E-state index contributed by atoms with van der Waals surface area (Å²) in [6.07, 6.45) is 7.82. The zero-order valence-electron chi connectivity index (χ0n) is 21.3. The number of H-pyrrole nitrogens is 1. The number of aromatic amines is 1. The van der Waals surface area contributed by atoms with Crippen molar-refractivity contribution < 1.29 is 0 Å². The second-order valence-corrected chi connectivity index (χ2v) is 10.5. The maximum atomic E-state index is 6.11. The second-order valence-electron chi connectivity index (χ2n) is 10.5. The molecule has 4 aromatic rings. The third-order valence-corrected chi connectivity index (χ3v) is 7.18. The van der Waals surface area contributed by atoms with E-state index in [0.717, 1.165) is 66.5 Å². The molecule has 2 aromatic heterocycles. The number of nitrogens with one attached hydrogen (secondary N) is 1. The number of tetrazole rings is 1. The third-order valence-electron chi connectivity index (χ3n) is 7.18. The predicted octanol–water partition coefficient (Wildman–Crippen LogP) is 4.82. The molecule has 8 heteroatoms. The molecule has 0 unspecified atom stereocenters. The van der Waals surface area contributed by atoms with Gasteiger partial charge in [-0.15, -0.1) is 5.10 Å². The summed E-state index contributed by atoms with van der Waals surface area (Å²) in [6.45, 7) is 5.16. The number of aromatic nitrogens is 7. The van der Waals surface area contributed by atoms with Gasteiger partial charge in [-0.2, -0.15) is 5.10 Å². The van der Waals surface area contributed by atoms with Crippen LogP contribution in [0.1, 0.15) is 63.2 Å². The van der Waals surface area contributed by atoms with Crippen molar-refractivity contribution in [2.75, 3.05) is 0 Å². The lowest BCUT2D eigenvalue weighted by Gasteiger charge is -2.25. The Kier molecular flexibility index (Phi) is 7.51. The topological polar surface area (TPSA) is 111 Å². The molecule has 1 aliphatic carbocycles. The SMILES string of the molecule is CC(C)Cc1nc(CCC2CCC(N)CC2)n(Cc2ccc(-c3ccccc3-c3nnn[nH]3)cc2)n1. The van der Waals surface area contributed by atoms with Crippen LogP contribution in [0.15, 0.2) is 48.5 Å². The fourth-order valence-electron chi connectivity index (χ4n) is 5.18. The molecule has 2 aromatic carbocycles. The van der Waals surface area contributed by atoms with Crippen molar-refractivity contribution in [1.82, 2.24) is 35.4 Å². The van der Waals surface area contributed by atoms with Crippen LogP contribution in [-0.2, 0) is 19.4 Å². The number of rotatable bonds is 9. The van der Waals surface area contributed by atoms with Crippen LogP contribution in [0.4, 0.5) is 0 Å². The minimum Gasteiger partial charge on any atom is -0.328 e. The summed E-state index contributed by atoms with van der Waals surface area (Å²) < 4.78 is 2.12. The van der Waals surface area contributed by atoms with Crippen LogP contribution in [0.25, 0.3) is 22.5 Å². The van der Waals surface area contributed by atoms with Crippen molar-refractivity contribution in [3.8, 4) is 22.5 Å². The van der Waals surface area contributed by atoms with Crippen LogP contribution in [0.5, 0.6) is 0 Å². The number of aryl methyl sites for hydroxylation is 1. The van der Waals surface area contributed by atoms with E-state index in [4.69, 9.17) is 15.8 Å². The van der Waals surface area contributed by atoms with Crippen molar-refractivity contribution in [2.24, 2.45) is 17.6 Å². The standard InChI is InChI=1S/C28H36N8/c1-19(2)17-26-30-27(16-11-20-9-14-23(29)15-10-20)36(33-26)18-21-7-12-22(13-8-21)24-5-3-4-6-25(24)28-31-34-35-32-28/h3-8,12-13,19-20,23H,9-11,14-18,29H2,1-2H3,(H,31,32,34,35). The van der Waals surface area contributed by atoms with E-state index in [0.29, 0.717) is 17.8 Å². The van der Waals surface area contributed by atoms with Gasteiger partial charge < -0.3 is 5.73 Å². The van der Waals surface area contributed by atoms with Gasteiger partial charge in [0.1, 0.15) is 5.82 Å². The molecule has 0 amide bonds. The molecule has 0 bridgehead atoms. The summed E-state index contributed by atoms with van der Waals surface area (Å²) in [7, 11) is 0. The van der Waals surface area contributed by atoms with E-state index in [1.165, 1.54) is 24.8 Å². The third kappa shape index (κ3) is 5.87. The lowest BCUT2D eigenvalue weighted by atomic mass is 9.84. The van der Waals surface area contributed by atoms with Crippen LogP contribution in [0, 0.1) is 11.8 Å². The van der Waals surface area contributed by atoms with Gasteiger partial charge in [0.2, 0.25) is 0 Å². The van der Waals surface area contributed by atoms with Gasteiger partial charge >= 0.3 is 0 Å². The van der Waals surface area contributed by atoms with Gasteiger partial charge in [0.15, 0.2) is 11.6 Å². The Morgan fingerprint density at radius 1 is 1.00 bits per heavy atom. The Bertz CT molecular complexity index is 1240. The van der Waals surface area contributed by atoms with E-state index in [1.54, 1.807) is 0 Å². The van der Waals surface area contributed by atoms with Crippen LogP contribution in [-0.4, -0.2) is 41.4 Å². The maximum absolute atomic E-state index is 6.11. The lowest BCUT2D eigenvalue weighted by molar-refractivity contribution is 0.308. The van der Waals surface area contributed by atoms with Gasteiger partial charge in [0.05, 0.1) is 6.54 Å². The molecule has 188 valence electrons. The Morgan fingerprint density at radius 3 is 2.44 bits per heavy atom. The van der Waals surface area contributed by atoms with E-state index < -0.39 is 0 Å². The molecule has 8 nitrogen and oxygen atoms in total. The summed E-state index contributed by atoms with van der Waals surface area (Å²) in [5, 5.41) is 19.3. The van der Waals surface area contributed by atoms with Crippen molar-refractivity contribution in [2.45, 2.75) is 71.4 Å². The average Bonchev–Trinajstić information content (AvgIpc) is 3.54. The van der Waals surface area contributed by atoms with Crippen molar-refractivity contribution in [3.63, 3.8) is 0 Å². The van der Waals surface area contributed by atoms with Gasteiger partial charge in [-0.25, -0.2) is 14.8 Å². The van der Waals surface area contributed by atoms with Gasteiger partial charge in [0.25, 0.3) is 0 Å². The van der Waals surface area contributed by atoms with E-state index in [2.05, 4.69) is 69.5 Å². The molecule has 3 N–H and O–H groups in total. The fraction of sp³-hybridized carbons (Fsp3) is 0.464. The molecule has 5 rings (SSSR count). The number of hydrogen-bond acceptors (Lipinski definition) is 6. The van der Waals surface area contributed by atoms with Gasteiger partial charge in [0, 0.05) is 24.4 Å². The van der Waals surface area contributed by atoms with Gasteiger partial charge in [-0.05, 0) is 71.1 Å². The molecule has 1 fully saturated rings. The Balaban J connectivity index is 1.32. The normalized spacial score (nSPS) is 18.1. The molecular weight excluding hydrogens is 448 g/mol. The zero-order valence-corrected chi connectivity index (χ0v) is 21.3. The minimum absolute atomic E-state index is 0.393. The van der Waals surface area contributed by atoms with Gasteiger partial charge in [-0.1, -0.05) is 62.4 Å². The summed E-state index contributed by atoms with van der Waals surface area (Å²) in [6, 6.07) is 17.2. The zero-order chi connectivity index (χ0) is 24.9. The molecule has 0 radical (unpaired) electrons. The summed E-state index contributed by atoms with van der Waals surface area (Å²) in [4.78, 5) is 4.96. The predicted molar refractivity (Wildman–Crippen MR) is 141 cm³/mol. The van der Waals surface area contributed by atoms with Gasteiger partial charge in [-0.3, -0.25) is 0 Å². The summed E-state index contributed by atoms with van der Waals surface area (Å²) >= 11 is 0. The Labute approximate surface area is 212 Å². The number of benzene rings is 2. The molecule has 36 heavy (non-hydrogen) atoms. The smallest absolute Gasteiger partial charge is 0.180 e. The first-order valence-corrected chi connectivity index (χ1v) is 13.2. The molecular formula is C28H36N8. The largest absolute Gasteiger partial charge is 0.328 e. The van der Waals surface area contributed by atoms with E-state index in [1.807, 2.05) is 18.2 Å². The van der Waals surface area contributed by atoms with Crippen LogP contribution in [0.2, 0.25) is 0 Å². The maximum Gasteiger partial charge on any atom is 0.180 e. The van der Waals surface area contributed by atoms with Crippen molar-refractivity contribution in [3.05, 3.63) is 65.7 Å². The molecule has 0 spiro atoms. The monoisotopic (exact) mass is 484 g/mol. The first-order chi connectivity index (χ1) is 17.5. The number of hydrogen-bond donors (Lipinski definition) is 2. The van der Waals surface area contributed by atoms with E-state index in [9.17, 15) is 0 Å². The molecule has 1 saturated carbocycles. The average molecular weight is 485 g/mol. The highest BCUT2D eigenvalue weighted by atomic mass is 15.5. The first-order valence-electron chi connectivity index (χ1n) is 13.2. The van der Waals surface area contributed by atoms with E-state index >= 15 is 0 Å². The Hall–Kier alpha value is -3.39. The molecule has 0 saturated heterocycles. The molecule has 0 atom stereocenters. The van der Waals surface area contributed by atoms with Crippen LogP contribution < -0.4 is 5.73 Å². The molecule has 1 aliphatic rings. The quantitative estimate of drug-likeness (QED) is 0.352. The van der Waals surface area contributed by atoms with Crippen molar-refractivity contribution in [1.29, 1.82) is 0 Å². The minimum atomic E-state index is 0.393. The van der Waals surface area contributed by atoms with E-state index in [-0.39, 0.29) is 0 Å². The highest BCUT2D eigenvalue weighted by molar-refractivity contribution is 5.80. The second kappa shape index (κ2) is 11.1. The highest BCUT2D eigenvalue weighted by Gasteiger charge is 2.20. The Morgan fingerprint density at radius 2 is 1.75 bits per heavy atom. The highest BCUT2D eigenvalue weighted by Crippen LogP contribution is 2.30. The number of nitrogens with zero attached hydrogens (tertiary/aromatic N) is 6. The van der Waals surface area contributed by atoms with Crippen molar-refractivity contribution >= 4 is 0 Å². The van der Waals surface area contributed by atoms with Crippen LogP contribution in [0.3, 0.4) is 0 Å². The molecule has 2 heterocycles. The fourth-order valence-corrected chi connectivity index (χ4v) is 5.18. The first kappa shape index (κ1) is 24.3. The number of nitrogens with two attached hydrogens (primary N) is 1. The van der Waals surface area contributed by atoms with Crippen LogP contribution >= 0.6 is 0 Å². The molecule has 0 aliphatic heterocycles.